The number of anilines is 1. The van der Waals surface area contributed by atoms with E-state index >= 15 is 0 Å². The summed E-state index contributed by atoms with van der Waals surface area (Å²) in [5, 5.41) is 2.63. The Hall–Kier alpha value is -2.05. The van der Waals surface area contributed by atoms with Crippen molar-refractivity contribution in [1.29, 1.82) is 0 Å². The minimum atomic E-state index is -1.34. The number of nitrogens with one attached hydrogen (secondary N) is 1. The van der Waals surface area contributed by atoms with Crippen molar-refractivity contribution in [2.75, 3.05) is 11.4 Å². The Morgan fingerprint density at radius 2 is 1.76 bits per heavy atom. The van der Waals surface area contributed by atoms with Crippen molar-refractivity contribution in [3.05, 3.63) is 29.6 Å². The maximum atomic E-state index is 13.9. The molecule has 2 fully saturated rings. The van der Waals surface area contributed by atoms with Crippen LogP contribution in [0.2, 0.25) is 0 Å². The minimum Gasteiger partial charge on any atom is -0.340 e. The smallest absolute Gasteiger partial charge is 0.253 e. The monoisotopic (exact) mass is 298 g/mol. The first-order valence-corrected chi connectivity index (χ1v) is 6.60. The number of amides is 2. The lowest BCUT2D eigenvalue weighted by Crippen LogP contribution is -2.66. The van der Waals surface area contributed by atoms with Gasteiger partial charge in [-0.2, -0.15) is 0 Å². The van der Waals surface area contributed by atoms with Gasteiger partial charge in [0.25, 0.3) is 5.91 Å². The first-order valence-electron chi connectivity index (χ1n) is 6.60. The normalized spacial score (nSPS) is 26.0. The average Bonchev–Trinajstić information content (AvgIpc) is 3.23. The van der Waals surface area contributed by atoms with Crippen LogP contribution < -0.4 is 10.2 Å². The zero-order valence-corrected chi connectivity index (χ0v) is 11.3. The summed E-state index contributed by atoms with van der Waals surface area (Å²) in [6.45, 7) is 1.16. The molecule has 1 saturated carbocycles. The maximum Gasteiger partial charge on any atom is 0.253 e. The molecule has 2 aliphatic rings. The Kier molecular flexibility index (Phi) is 2.96. The van der Waals surface area contributed by atoms with E-state index in [1.54, 1.807) is 6.92 Å². The first-order chi connectivity index (χ1) is 9.83. The molecule has 1 aromatic carbocycles. The van der Waals surface area contributed by atoms with Crippen LogP contribution in [0.25, 0.3) is 0 Å². The van der Waals surface area contributed by atoms with Gasteiger partial charge in [-0.05, 0) is 25.7 Å². The summed E-state index contributed by atoms with van der Waals surface area (Å²) in [4.78, 5) is 25.2. The van der Waals surface area contributed by atoms with Gasteiger partial charge in [0.1, 0.15) is 17.9 Å². The summed E-state index contributed by atoms with van der Waals surface area (Å²) in [6, 6.07) is 0.980. The van der Waals surface area contributed by atoms with Crippen LogP contribution in [0, 0.1) is 23.4 Å². The molecule has 4 nitrogen and oxygen atoms in total. The molecule has 1 aliphatic carbocycles. The van der Waals surface area contributed by atoms with E-state index in [0.29, 0.717) is 12.1 Å². The van der Waals surface area contributed by atoms with Crippen LogP contribution >= 0.6 is 0 Å². The van der Waals surface area contributed by atoms with Crippen LogP contribution in [0.5, 0.6) is 0 Å². The molecule has 0 bridgehead atoms. The highest BCUT2D eigenvalue weighted by Gasteiger charge is 2.53. The number of rotatable bonds is 2. The summed E-state index contributed by atoms with van der Waals surface area (Å²) >= 11 is 0. The number of hydrogen-bond donors (Lipinski definition) is 1. The molecule has 0 radical (unpaired) electrons. The fourth-order valence-corrected chi connectivity index (χ4v) is 2.73. The molecular weight excluding hydrogens is 285 g/mol. The van der Waals surface area contributed by atoms with Crippen molar-refractivity contribution < 1.29 is 22.8 Å². The van der Waals surface area contributed by atoms with E-state index in [9.17, 15) is 22.8 Å². The van der Waals surface area contributed by atoms with Crippen molar-refractivity contribution in [3.63, 3.8) is 0 Å². The predicted octanol–water partition coefficient (Wildman–Crippen LogP) is 1.74. The summed E-state index contributed by atoms with van der Waals surface area (Å²) in [5.41, 5.74) is -1.53. The van der Waals surface area contributed by atoms with E-state index in [4.69, 9.17) is 0 Å². The fourth-order valence-electron chi connectivity index (χ4n) is 2.73. The van der Waals surface area contributed by atoms with Crippen molar-refractivity contribution >= 4 is 17.5 Å². The van der Waals surface area contributed by atoms with E-state index in [1.807, 2.05) is 0 Å². The van der Waals surface area contributed by atoms with Gasteiger partial charge in [0.2, 0.25) is 5.91 Å². The molecule has 1 atom stereocenters. The molecule has 21 heavy (non-hydrogen) atoms. The number of carbonyl (C=O) groups is 2. The molecular formula is C14H13F3N2O2. The zero-order chi connectivity index (χ0) is 15.4. The first kappa shape index (κ1) is 13.9. The quantitative estimate of drug-likeness (QED) is 0.846. The largest absolute Gasteiger partial charge is 0.340 e. The lowest BCUT2D eigenvalue weighted by molar-refractivity contribution is -0.136. The molecule has 1 saturated heterocycles. The Morgan fingerprint density at radius 3 is 2.38 bits per heavy atom. The standard InChI is InChI=1S/C14H13F3N2O2/c1-14(7-2-3-7)13(21)19(6-12(20)18-14)11-5-9(16)8(15)4-10(11)17/h4-5,7H,2-3,6H2,1H3,(H,18,20). The zero-order valence-electron chi connectivity index (χ0n) is 11.3. The van der Waals surface area contributed by atoms with E-state index in [2.05, 4.69) is 5.32 Å². The third-order valence-corrected chi connectivity index (χ3v) is 4.06. The van der Waals surface area contributed by atoms with E-state index in [1.165, 1.54) is 0 Å². The predicted molar refractivity (Wildman–Crippen MR) is 67.9 cm³/mol. The molecule has 0 aromatic heterocycles. The van der Waals surface area contributed by atoms with Crippen LogP contribution in [0.1, 0.15) is 19.8 Å². The Morgan fingerprint density at radius 1 is 1.14 bits per heavy atom. The Balaban J connectivity index is 2.03. The van der Waals surface area contributed by atoms with Crippen LogP contribution in [0.4, 0.5) is 18.9 Å². The topological polar surface area (TPSA) is 49.4 Å². The summed E-state index contributed by atoms with van der Waals surface area (Å²) < 4.78 is 40.2. The lowest BCUT2D eigenvalue weighted by Gasteiger charge is -2.40. The van der Waals surface area contributed by atoms with Crippen LogP contribution in [-0.4, -0.2) is 23.9 Å². The van der Waals surface area contributed by atoms with E-state index in [-0.39, 0.29) is 5.92 Å². The van der Waals surface area contributed by atoms with Gasteiger partial charge in [-0.25, -0.2) is 13.2 Å². The van der Waals surface area contributed by atoms with Crippen LogP contribution in [-0.2, 0) is 9.59 Å². The molecule has 1 aromatic rings. The van der Waals surface area contributed by atoms with Gasteiger partial charge in [-0.3, -0.25) is 14.5 Å². The molecule has 1 aliphatic heterocycles. The number of carbonyl (C=O) groups excluding carboxylic acids is 2. The molecule has 7 heteroatoms. The highest BCUT2D eigenvalue weighted by atomic mass is 19.2. The molecule has 0 spiro atoms. The number of piperazine rings is 1. The van der Waals surface area contributed by atoms with Crippen molar-refractivity contribution in [2.45, 2.75) is 25.3 Å². The molecule has 3 rings (SSSR count). The van der Waals surface area contributed by atoms with Gasteiger partial charge in [0, 0.05) is 12.1 Å². The highest BCUT2D eigenvalue weighted by Crippen LogP contribution is 2.42. The minimum absolute atomic E-state index is 0.00916. The molecule has 1 N–H and O–H groups in total. The molecule has 1 heterocycles. The lowest BCUT2D eigenvalue weighted by atomic mass is 9.91. The van der Waals surface area contributed by atoms with Gasteiger partial charge in [0.15, 0.2) is 11.6 Å². The third kappa shape index (κ3) is 2.16. The van der Waals surface area contributed by atoms with Crippen LogP contribution in [0.3, 0.4) is 0 Å². The van der Waals surface area contributed by atoms with Crippen LogP contribution in [0.15, 0.2) is 12.1 Å². The third-order valence-electron chi connectivity index (χ3n) is 4.06. The second-order valence-corrected chi connectivity index (χ2v) is 5.63. The number of benzene rings is 1. The van der Waals surface area contributed by atoms with E-state index < -0.39 is 47.0 Å². The highest BCUT2D eigenvalue weighted by molar-refractivity contribution is 6.09. The van der Waals surface area contributed by atoms with Gasteiger partial charge >= 0.3 is 0 Å². The van der Waals surface area contributed by atoms with Gasteiger partial charge in [0.05, 0.1) is 5.69 Å². The van der Waals surface area contributed by atoms with Crippen molar-refractivity contribution in [1.82, 2.24) is 5.32 Å². The molecule has 2 amide bonds. The fraction of sp³-hybridized carbons (Fsp3) is 0.429. The van der Waals surface area contributed by atoms with Crippen molar-refractivity contribution in [3.8, 4) is 0 Å². The summed E-state index contributed by atoms with van der Waals surface area (Å²) in [6.07, 6.45) is 1.58. The average molecular weight is 298 g/mol. The van der Waals surface area contributed by atoms with Gasteiger partial charge < -0.3 is 5.32 Å². The number of halogens is 3. The second kappa shape index (κ2) is 4.47. The SMILES string of the molecule is CC1(C2CC2)NC(=O)CN(c2cc(F)c(F)cc2F)C1=O. The molecule has 1 unspecified atom stereocenters. The molecule has 112 valence electrons. The Bertz CT molecular complexity index is 645. The number of hydrogen-bond acceptors (Lipinski definition) is 2. The summed E-state index contributed by atoms with van der Waals surface area (Å²) in [7, 11) is 0. The number of nitrogens with zero attached hydrogens (tertiary/aromatic N) is 1. The van der Waals surface area contributed by atoms with Crippen molar-refractivity contribution in [2.24, 2.45) is 5.92 Å². The second-order valence-electron chi connectivity index (χ2n) is 5.63. The van der Waals surface area contributed by atoms with E-state index in [0.717, 1.165) is 17.7 Å². The van der Waals surface area contributed by atoms with Gasteiger partial charge in [-0.1, -0.05) is 0 Å². The Labute approximate surface area is 118 Å². The maximum absolute atomic E-state index is 13.9. The van der Waals surface area contributed by atoms with Gasteiger partial charge in [-0.15, -0.1) is 0 Å². The summed E-state index contributed by atoms with van der Waals surface area (Å²) in [5.74, 6) is -4.64.